The average Bonchev–Trinajstić information content (AvgIpc) is 2.68. The van der Waals surface area contributed by atoms with Crippen LogP contribution in [0.3, 0.4) is 0 Å². The molecule has 25 heavy (non-hydrogen) atoms. The molecule has 0 spiro atoms. The Balaban J connectivity index is 1.49. The predicted octanol–water partition coefficient (Wildman–Crippen LogP) is 2.00. The van der Waals surface area contributed by atoms with Crippen molar-refractivity contribution in [1.82, 2.24) is 15.1 Å². The van der Waals surface area contributed by atoms with Gasteiger partial charge in [-0.15, -0.1) is 0 Å². The second kappa shape index (κ2) is 8.92. The van der Waals surface area contributed by atoms with Gasteiger partial charge >= 0.3 is 0 Å². The average molecular weight is 364 g/mol. The summed E-state index contributed by atoms with van der Waals surface area (Å²) >= 11 is 1.94. The quantitative estimate of drug-likeness (QED) is 0.867. The van der Waals surface area contributed by atoms with Gasteiger partial charge in [-0.1, -0.05) is 12.1 Å². The second-order valence-corrected chi connectivity index (χ2v) is 7.95. The minimum absolute atomic E-state index is 0.300. The van der Waals surface area contributed by atoms with Gasteiger partial charge in [0.1, 0.15) is 5.75 Å². The first-order chi connectivity index (χ1) is 12.2. The highest BCUT2D eigenvalue weighted by molar-refractivity contribution is 7.99. The number of carbonyl (C=O) groups excluding carboxylic acids is 1. The van der Waals surface area contributed by atoms with Crippen molar-refractivity contribution in [2.75, 3.05) is 51.3 Å². The molecule has 1 N–H and O–H groups in total. The Morgan fingerprint density at radius 3 is 2.84 bits per heavy atom. The van der Waals surface area contributed by atoms with E-state index in [2.05, 4.69) is 29.3 Å². The summed E-state index contributed by atoms with van der Waals surface area (Å²) in [6.07, 6.45) is 0.637. The molecule has 2 saturated heterocycles. The Kier molecular flexibility index (Phi) is 6.62. The fourth-order valence-electron chi connectivity index (χ4n) is 3.56. The number of benzene rings is 1. The Labute approximate surface area is 155 Å². The van der Waals surface area contributed by atoms with E-state index < -0.39 is 0 Å². The number of hydrogen-bond donors (Lipinski definition) is 1. The third-order valence-electron chi connectivity index (χ3n) is 5.21. The number of carbonyl (C=O) groups is 1. The fraction of sp³-hybridized carbons (Fsp3) is 0.632. The number of nitrogens with one attached hydrogen (secondary N) is 1. The van der Waals surface area contributed by atoms with Crippen molar-refractivity contribution in [3.8, 4) is 5.75 Å². The zero-order valence-corrected chi connectivity index (χ0v) is 16.1. The number of methoxy groups -OCH3 is 1. The standard InChI is InChI=1S/C19H29N3O2S/c1-15(16-4-3-5-18(12-16)24-2)21-7-9-22(10-8-21)19(23)13-17-14-25-11-6-20-17/h3-5,12,15,17,20H,6-11,13-14H2,1-2H3. The topological polar surface area (TPSA) is 44.8 Å². The maximum absolute atomic E-state index is 12.5. The summed E-state index contributed by atoms with van der Waals surface area (Å²) in [6, 6.07) is 8.96. The molecule has 138 valence electrons. The largest absolute Gasteiger partial charge is 0.497 e. The van der Waals surface area contributed by atoms with Gasteiger partial charge < -0.3 is 15.0 Å². The van der Waals surface area contributed by atoms with E-state index >= 15 is 0 Å². The van der Waals surface area contributed by atoms with Gasteiger partial charge in [-0.05, 0) is 24.6 Å². The minimum atomic E-state index is 0.300. The van der Waals surface area contributed by atoms with Crippen molar-refractivity contribution in [2.24, 2.45) is 0 Å². The van der Waals surface area contributed by atoms with Crippen molar-refractivity contribution in [3.05, 3.63) is 29.8 Å². The van der Waals surface area contributed by atoms with Crippen molar-refractivity contribution >= 4 is 17.7 Å². The smallest absolute Gasteiger partial charge is 0.224 e. The van der Waals surface area contributed by atoms with E-state index in [4.69, 9.17) is 4.74 Å². The van der Waals surface area contributed by atoms with Crippen molar-refractivity contribution < 1.29 is 9.53 Å². The summed E-state index contributed by atoms with van der Waals surface area (Å²) in [6.45, 7) is 6.76. The van der Waals surface area contributed by atoms with Gasteiger partial charge in [0.15, 0.2) is 0 Å². The Morgan fingerprint density at radius 1 is 1.36 bits per heavy atom. The van der Waals surface area contributed by atoms with Crippen LogP contribution >= 0.6 is 11.8 Å². The third-order valence-corrected chi connectivity index (χ3v) is 6.34. The molecule has 0 bridgehead atoms. The number of piperazine rings is 1. The van der Waals surface area contributed by atoms with E-state index in [1.807, 2.05) is 28.8 Å². The van der Waals surface area contributed by atoms with Gasteiger partial charge in [0, 0.05) is 62.7 Å². The molecule has 0 aromatic heterocycles. The van der Waals surface area contributed by atoms with Gasteiger partial charge in [0.05, 0.1) is 7.11 Å². The number of hydrogen-bond acceptors (Lipinski definition) is 5. The molecule has 1 aromatic rings. The lowest BCUT2D eigenvalue weighted by molar-refractivity contribution is -0.133. The van der Waals surface area contributed by atoms with Crippen LogP contribution in [0.15, 0.2) is 24.3 Å². The van der Waals surface area contributed by atoms with Crippen molar-refractivity contribution in [2.45, 2.75) is 25.4 Å². The molecule has 0 radical (unpaired) electrons. The molecule has 3 rings (SSSR count). The monoisotopic (exact) mass is 363 g/mol. The Morgan fingerprint density at radius 2 is 2.16 bits per heavy atom. The molecule has 2 aliphatic heterocycles. The lowest BCUT2D eigenvalue weighted by Gasteiger charge is -2.39. The molecule has 2 unspecified atom stereocenters. The summed E-state index contributed by atoms with van der Waals surface area (Å²) in [4.78, 5) is 17.0. The molecule has 1 amide bonds. The molecule has 1 aromatic carbocycles. The van der Waals surface area contributed by atoms with Gasteiger partial charge in [0.2, 0.25) is 5.91 Å². The van der Waals surface area contributed by atoms with Crippen LogP contribution < -0.4 is 10.1 Å². The predicted molar refractivity (Wildman–Crippen MR) is 103 cm³/mol. The van der Waals surface area contributed by atoms with E-state index in [0.717, 1.165) is 50.0 Å². The first-order valence-corrected chi connectivity index (χ1v) is 10.3. The molecule has 5 nitrogen and oxygen atoms in total. The van der Waals surface area contributed by atoms with Gasteiger partial charge in [-0.2, -0.15) is 11.8 Å². The zero-order valence-electron chi connectivity index (χ0n) is 15.2. The van der Waals surface area contributed by atoms with Crippen molar-refractivity contribution in [1.29, 1.82) is 0 Å². The first kappa shape index (κ1) is 18.5. The molecule has 2 atom stereocenters. The van der Waals surface area contributed by atoms with Crippen LogP contribution in [0.25, 0.3) is 0 Å². The number of ether oxygens (including phenoxy) is 1. The fourth-order valence-corrected chi connectivity index (χ4v) is 4.51. The van der Waals surface area contributed by atoms with Gasteiger partial charge in [-0.25, -0.2) is 0 Å². The number of amides is 1. The first-order valence-electron chi connectivity index (χ1n) is 9.14. The van der Waals surface area contributed by atoms with Crippen LogP contribution in [0.1, 0.15) is 24.9 Å². The summed E-state index contributed by atoms with van der Waals surface area (Å²) in [5.41, 5.74) is 1.27. The highest BCUT2D eigenvalue weighted by Gasteiger charge is 2.26. The van der Waals surface area contributed by atoms with Crippen LogP contribution in [0, 0.1) is 0 Å². The molecular weight excluding hydrogens is 334 g/mol. The second-order valence-electron chi connectivity index (χ2n) is 6.80. The van der Waals surface area contributed by atoms with Gasteiger partial charge in [-0.3, -0.25) is 9.69 Å². The van der Waals surface area contributed by atoms with Gasteiger partial charge in [0.25, 0.3) is 0 Å². The lowest BCUT2D eigenvalue weighted by atomic mass is 10.1. The van der Waals surface area contributed by atoms with Crippen LogP contribution in [0.5, 0.6) is 5.75 Å². The highest BCUT2D eigenvalue weighted by Crippen LogP contribution is 2.25. The zero-order chi connectivity index (χ0) is 17.6. The van der Waals surface area contributed by atoms with E-state index in [0.29, 0.717) is 24.4 Å². The van der Waals surface area contributed by atoms with Crippen LogP contribution in [0.2, 0.25) is 0 Å². The number of nitrogens with zero attached hydrogens (tertiary/aromatic N) is 2. The highest BCUT2D eigenvalue weighted by atomic mass is 32.2. The summed E-state index contributed by atoms with van der Waals surface area (Å²) in [7, 11) is 1.70. The SMILES string of the molecule is COc1cccc(C(C)N2CCN(C(=O)CC3CSCCN3)CC2)c1. The maximum atomic E-state index is 12.5. The normalized spacial score (nSPS) is 23.3. The lowest BCUT2D eigenvalue weighted by Crippen LogP contribution is -2.51. The molecule has 2 heterocycles. The minimum Gasteiger partial charge on any atom is -0.497 e. The Bertz CT molecular complexity index is 570. The van der Waals surface area contributed by atoms with E-state index in [1.165, 1.54) is 5.56 Å². The molecule has 0 saturated carbocycles. The molecule has 6 heteroatoms. The molecule has 0 aliphatic carbocycles. The molecular formula is C19H29N3O2S. The number of rotatable bonds is 5. The molecule has 2 fully saturated rings. The van der Waals surface area contributed by atoms with Crippen LogP contribution in [-0.4, -0.2) is 73.1 Å². The van der Waals surface area contributed by atoms with Crippen LogP contribution in [0.4, 0.5) is 0 Å². The summed E-state index contributed by atoms with van der Waals surface area (Å²) < 4.78 is 5.33. The van der Waals surface area contributed by atoms with Crippen LogP contribution in [-0.2, 0) is 4.79 Å². The third kappa shape index (κ3) is 4.90. The Hall–Kier alpha value is -1.24. The van der Waals surface area contributed by atoms with Crippen molar-refractivity contribution in [3.63, 3.8) is 0 Å². The molecule has 2 aliphatic rings. The van der Waals surface area contributed by atoms with E-state index in [-0.39, 0.29) is 0 Å². The van der Waals surface area contributed by atoms with E-state index in [9.17, 15) is 4.79 Å². The maximum Gasteiger partial charge on any atom is 0.224 e. The summed E-state index contributed by atoms with van der Waals surface area (Å²) in [5, 5.41) is 3.46. The van der Waals surface area contributed by atoms with E-state index in [1.54, 1.807) is 7.11 Å². The summed E-state index contributed by atoms with van der Waals surface area (Å²) in [5.74, 6) is 3.41. The number of thioether (sulfide) groups is 1.